The minimum absolute atomic E-state index is 0.0540. The van der Waals surface area contributed by atoms with E-state index in [1.807, 2.05) is 12.1 Å². The van der Waals surface area contributed by atoms with Gasteiger partial charge in [-0.3, -0.25) is 9.80 Å². The highest BCUT2D eigenvalue weighted by Gasteiger charge is 2.25. The van der Waals surface area contributed by atoms with Crippen LogP contribution in [0.1, 0.15) is 26.3 Å². The van der Waals surface area contributed by atoms with Gasteiger partial charge in [0, 0.05) is 43.8 Å². The summed E-state index contributed by atoms with van der Waals surface area (Å²) in [5, 5.41) is 8.91. The van der Waals surface area contributed by atoms with Gasteiger partial charge in [0.1, 0.15) is 12.4 Å². The Kier molecular flexibility index (Phi) is 6.03. The first-order valence-electron chi connectivity index (χ1n) is 7.91. The Balaban J connectivity index is 1.96. The van der Waals surface area contributed by atoms with Gasteiger partial charge in [-0.25, -0.2) is 0 Å². The quantitative estimate of drug-likeness (QED) is 0.869. The van der Waals surface area contributed by atoms with Crippen molar-refractivity contribution < 1.29 is 9.84 Å². The molecule has 0 amide bonds. The van der Waals surface area contributed by atoms with Gasteiger partial charge in [-0.1, -0.05) is 18.2 Å². The molecule has 4 heteroatoms. The lowest BCUT2D eigenvalue weighted by Gasteiger charge is -2.42. The third-order valence-electron chi connectivity index (χ3n) is 4.14. The van der Waals surface area contributed by atoms with Crippen molar-refractivity contribution in [3.63, 3.8) is 0 Å². The summed E-state index contributed by atoms with van der Waals surface area (Å²) in [4.78, 5) is 5.05. The smallest absolute Gasteiger partial charge is 0.123 e. The summed E-state index contributed by atoms with van der Waals surface area (Å²) >= 11 is 0. The molecule has 0 aromatic heterocycles. The molecule has 4 nitrogen and oxygen atoms in total. The van der Waals surface area contributed by atoms with E-state index in [1.54, 1.807) is 0 Å². The van der Waals surface area contributed by atoms with E-state index in [0.717, 1.165) is 31.9 Å². The van der Waals surface area contributed by atoms with Gasteiger partial charge < -0.3 is 9.84 Å². The monoisotopic (exact) mass is 292 g/mol. The second-order valence-corrected chi connectivity index (χ2v) is 6.10. The Morgan fingerprint density at radius 2 is 2.05 bits per heavy atom. The zero-order valence-corrected chi connectivity index (χ0v) is 13.5. The number of benzene rings is 1. The molecule has 1 aromatic rings. The van der Waals surface area contributed by atoms with Crippen LogP contribution in [-0.4, -0.2) is 59.8 Å². The van der Waals surface area contributed by atoms with E-state index in [0.29, 0.717) is 18.7 Å². The molecule has 0 spiro atoms. The van der Waals surface area contributed by atoms with Crippen LogP contribution in [0.3, 0.4) is 0 Å². The molecule has 1 saturated heterocycles. The minimum atomic E-state index is 0.0540. The molecule has 1 atom stereocenters. The normalized spacial score (nSPS) is 20.9. The predicted molar refractivity (Wildman–Crippen MR) is 85.6 cm³/mol. The van der Waals surface area contributed by atoms with Gasteiger partial charge in [-0.15, -0.1) is 0 Å². The highest BCUT2D eigenvalue weighted by atomic mass is 16.5. The number of hydrogen-bond acceptors (Lipinski definition) is 4. The molecular formula is C17H28N2O2. The van der Waals surface area contributed by atoms with E-state index in [-0.39, 0.29) is 6.61 Å². The summed E-state index contributed by atoms with van der Waals surface area (Å²) < 4.78 is 5.63. The van der Waals surface area contributed by atoms with Crippen LogP contribution >= 0.6 is 0 Å². The molecule has 0 saturated carbocycles. The molecule has 0 unspecified atom stereocenters. The topological polar surface area (TPSA) is 35.9 Å². The van der Waals surface area contributed by atoms with Crippen molar-refractivity contribution in [1.29, 1.82) is 0 Å². The number of aliphatic hydroxyl groups excluding tert-OH is 1. The number of rotatable bonds is 6. The fraction of sp³-hybridized carbons (Fsp3) is 0.647. The molecule has 0 radical (unpaired) electrons. The lowest BCUT2D eigenvalue weighted by atomic mass is 10.1. The van der Waals surface area contributed by atoms with Crippen LogP contribution in [0.4, 0.5) is 0 Å². The van der Waals surface area contributed by atoms with E-state index >= 15 is 0 Å². The predicted octanol–water partition coefficient (Wildman–Crippen LogP) is 1.97. The summed E-state index contributed by atoms with van der Waals surface area (Å²) in [7, 11) is 0. The SMILES string of the molecule is CC(C)N1CCN(Cc2ccccc2OCCO)C[C@H]1C. The molecule has 2 rings (SSSR count). The zero-order valence-electron chi connectivity index (χ0n) is 13.5. The second-order valence-electron chi connectivity index (χ2n) is 6.10. The van der Waals surface area contributed by atoms with Crippen molar-refractivity contribution in [2.24, 2.45) is 0 Å². The number of aliphatic hydroxyl groups is 1. The summed E-state index contributed by atoms with van der Waals surface area (Å²) in [6.07, 6.45) is 0. The van der Waals surface area contributed by atoms with Crippen molar-refractivity contribution in [2.45, 2.75) is 39.4 Å². The van der Waals surface area contributed by atoms with Crippen molar-refractivity contribution in [1.82, 2.24) is 9.80 Å². The van der Waals surface area contributed by atoms with Crippen LogP contribution in [-0.2, 0) is 6.54 Å². The fourth-order valence-corrected chi connectivity index (χ4v) is 3.13. The third-order valence-corrected chi connectivity index (χ3v) is 4.14. The van der Waals surface area contributed by atoms with Gasteiger partial charge in [-0.2, -0.15) is 0 Å². The summed E-state index contributed by atoms with van der Waals surface area (Å²) in [5.74, 6) is 0.894. The van der Waals surface area contributed by atoms with Crippen molar-refractivity contribution >= 4 is 0 Å². The Hall–Kier alpha value is -1.10. The molecule has 1 N–H and O–H groups in total. The first-order valence-corrected chi connectivity index (χ1v) is 7.91. The summed E-state index contributed by atoms with van der Waals surface area (Å²) in [6, 6.07) is 9.33. The molecule has 0 bridgehead atoms. The lowest BCUT2D eigenvalue weighted by molar-refractivity contribution is 0.0558. The van der Waals surface area contributed by atoms with Crippen LogP contribution in [0, 0.1) is 0 Å². The van der Waals surface area contributed by atoms with Crippen LogP contribution in [0.5, 0.6) is 5.75 Å². The van der Waals surface area contributed by atoms with Crippen LogP contribution < -0.4 is 4.74 Å². The van der Waals surface area contributed by atoms with Crippen LogP contribution in [0.15, 0.2) is 24.3 Å². The highest BCUT2D eigenvalue weighted by molar-refractivity contribution is 5.33. The molecule has 0 aliphatic carbocycles. The first-order chi connectivity index (χ1) is 10.1. The van der Waals surface area contributed by atoms with Crippen molar-refractivity contribution in [2.75, 3.05) is 32.8 Å². The van der Waals surface area contributed by atoms with Gasteiger partial charge in [0.25, 0.3) is 0 Å². The highest BCUT2D eigenvalue weighted by Crippen LogP contribution is 2.22. The van der Waals surface area contributed by atoms with E-state index in [2.05, 4.69) is 42.7 Å². The molecule has 21 heavy (non-hydrogen) atoms. The minimum Gasteiger partial charge on any atom is -0.491 e. The second kappa shape index (κ2) is 7.78. The van der Waals surface area contributed by atoms with Crippen molar-refractivity contribution in [3.05, 3.63) is 29.8 Å². The number of nitrogens with zero attached hydrogens (tertiary/aromatic N) is 2. The Morgan fingerprint density at radius 1 is 1.29 bits per heavy atom. The first kappa shape index (κ1) is 16.3. The lowest BCUT2D eigenvalue weighted by Crippen LogP contribution is -2.53. The van der Waals surface area contributed by atoms with Gasteiger partial charge >= 0.3 is 0 Å². The van der Waals surface area contributed by atoms with Gasteiger partial charge in [0.15, 0.2) is 0 Å². The average Bonchev–Trinajstić information content (AvgIpc) is 2.46. The van der Waals surface area contributed by atoms with Gasteiger partial charge in [-0.05, 0) is 26.8 Å². The van der Waals surface area contributed by atoms with E-state index in [9.17, 15) is 0 Å². The standard InChI is InChI=1S/C17H28N2O2/c1-14(2)19-9-8-18(12-15(19)3)13-16-6-4-5-7-17(16)21-11-10-20/h4-7,14-15,20H,8-13H2,1-3H3/t15-/m1/s1. The number of hydrogen-bond donors (Lipinski definition) is 1. The maximum Gasteiger partial charge on any atom is 0.123 e. The van der Waals surface area contributed by atoms with Crippen LogP contribution in [0.25, 0.3) is 0 Å². The molecule has 1 aliphatic heterocycles. The number of para-hydroxylation sites is 1. The largest absolute Gasteiger partial charge is 0.491 e. The molecule has 1 fully saturated rings. The van der Waals surface area contributed by atoms with Gasteiger partial charge in [0.2, 0.25) is 0 Å². The summed E-state index contributed by atoms with van der Waals surface area (Å²) in [5.41, 5.74) is 1.20. The average molecular weight is 292 g/mol. The summed E-state index contributed by atoms with van der Waals surface area (Å²) in [6.45, 7) is 11.5. The number of ether oxygens (including phenoxy) is 1. The Bertz CT molecular complexity index is 437. The molecular weight excluding hydrogens is 264 g/mol. The molecule has 1 aliphatic rings. The van der Waals surface area contributed by atoms with E-state index < -0.39 is 0 Å². The molecule has 118 valence electrons. The van der Waals surface area contributed by atoms with Crippen LogP contribution in [0.2, 0.25) is 0 Å². The third kappa shape index (κ3) is 4.43. The number of piperazine rings is 1. The zero-order chi connectivity index (χ0) is 15.2. The van der Waals surface area contributed by atoms with E-state index in [1.165, 1.54) is 5.56 Å². The van der Waals surface area contributed by atoms with Gasteiger partial charge in [0.05, 0.1) is 6.61 Å². The fourth-order valence-electron chi connectivity index (χ4n) is 3.13. The van der Waals surface area contributed by atoms with Crippen molar-refractivity contribution in [3.8, 4) is 5.75 Å². The molecule has 1 aromatic carbocycles. The Morgan fingerprint density at radius 3 is 2.71 bits per heavy atom. The molecule has 1 heterocycles. The maximum atomic E-state index is 8.91. The Labute approximate surface area is 128 Å². The maximum absolute atomic E-state index is 8.91. The van der Waals surface area contributed by atoms with E-state index in [4.69, 9.17) is 9.84 Å².